The molecule has 1 fully saturated rings. The molecule has 0 aliphatic heterocycles. The first-order valence-electron chi connectivity index (χ1n) is 7.85. The van der Waals surface area contributed by atoms with Crippen molar-refractivity contribution < 1.29 is 14.3 Å². The minimum Gasteiger partial charge on any atom is -0.497 e. The summed E-state index contributed by atoms with van der Waals surface area (Å²) in [6.07, 6.45) is 11.6. The van der Waals surface area contributed by atoms with E-state index in [1.165, 1.54) is 56.4 Å². The lowest BCUT2D eigenvalue weighted by atomic mass is 9.81. The molecule has 1 aliphatic rings. The van der Waals surface area contributed by atoms with Crippen LogP contribution in [0.2, 0.25) is 0 Å². The molecule has 0 spiro atoms. The second kappa shape index (κ2) is 8.42. The van der Waals surface area contributed by atoms with Gasteiger partial charge in [0.15, 0.2) is 0 Å². The van der Waals surface area contributed by atoms with Gasteiger partial charge >= 0.3 is 5.97 Å². The average Bonchev–Trinajstić information content (AvgIpc) is 2.59. The zero-order chi connectivity index (χ0) is 15.8. The first-order valence-corrected chi connectivity index (χ1v) is 7.85. The van der Waals surface area contributed by atoms with Crippen molar-refractivity contribution in [1.29, 1.82) is 0 Å². The standard InChI is InChI=1S/C19H24O3/c1-21-17-13-11-16(12-14-17)18(9-6-10-19(20)22-2)15-7-4-3-5-8-15/h6,9-15H,3-5,7-8H2,1-2H3/b10-6+,18-9-. The van der Waals surface area contributed by atoms with Crippen molar-refractivity contribution in [2.45, 2.75) is 32.1 Å². The SMILES string of the molecule is COC(=O)/C=C/C=C(\c1ccc(OC)cc1)C1CCCCC1. The summed E-state index contributed by atoms with van der Waals surface area (Å²) in [5.41, 5.74) is 2.49. The predicted octanol–water partition coefficient (Wildman–Crippen LogP) is 4.39. The fourth-order valence-electron chi connectivity index (χ4n) is 2.96. The number of ether oxygens (including phenoxy) is 2. The van der Waals surface area contributed by atoms with E-state index in [-0.39, 0.29) is 5.97 Å². The van der Waals surface area contributed by atoms with E-state index >= 15 is 0 Å². The first kappa shape index (κ1) is 16.3. The number of methoxy groups -OCH3 is 2. The van der Waals surface area contributed by atoms with Gasteiger partial charge in [0.25, 0.3) is 0 Å². The lowest BCUT2D eigenvalue weighted by Gasteiger charge is -2.25. The molecule has 0 saturated heterocycles. The van der Waals surface area contributed by atoms with Gasteiger partial charge in [-0.2, -0.15) is 0 Å². The first-order chi connectivity index (χ1) is 10.7. The number of carbonyl (C=O) groups excluding carboxylic acids is 1. The van der Waals surface area contributed by atoms with Crippen LogP contribution in [-0.2, 0) is 9.53 Å². The van der Waals surface area contributed by atoms with E-state index in [9.17, 15) is 4.79 Å². The van der Waals surface area contributed by atoms with Gasteiger partial charge in [0.1, 0.15) is 5.75 Å². The molecule has 1 saturated carbocycles. The number of hydrogen-bond acceptors (Lipinski definition) is 3. The Morgan fingerprint density at radius 2 is 1.77 bits per heavy atom. The maximum absolute atomic E-state index is 11.2. The van der Waals surface area contributed by atoms with Crippen molar-refractivity contribution in [2.75, 3.05) is 14.2 Å². The molecule has 118 valence electrons. The highest BCUT2D eigenvalue weighted by Crippen LogP contribution is 2.35. The smallest absolute Gasteiger partial charge is 0.330 e. The molecule has 0 unspecified atom stereocenters. The minimum absolute atomic E-state index is 0.325. The lowest BCUT2D eigenvalue weighted by Crippen LogP contribution is -2.08. The molecule has 0 N–H and O–H groups in total. The normalized spacial score (nSPS) is 16.7. The van der Waals surface area contributed by atoms with E-state index in [0.717, 1.165) is 5.75 Å². The van der Waals surface area contributed by atoms with Gasteiger partial charge < -0.3 is 9.47 Å². The molecule has 2 rings (SSSR count). The van der Waals surface area contributed by atoms with Gasteiger partial charge in [-0.05, 0) is 42.0 Å². The van der Waals surface area contributed by atoms with Crippen LogP contribution in [0.5, 0.6) is 5.75 Å². The van der Waals surface area contributed by atoms with Crippen molar-refractivity contribution in [3.63, 3.8) is 0 Å². The highest BCUT2D eigenvalue weighted by atomic mass is 16.5. The number of rotatable bonds is 5. The fourth-order valence-corrected chi connectivity index (χ4v) is 2.96. The molecule has 3 heteroatoms. The number of esters is 1. The largest absolute Gasteiger partial charge is 0.497 e. The Balaban J connectivity index is 2.24. The third-order valence-corrected chi connectivity index (χ3v) is 4.18. The van der Waals surface area contributed by atoms with Crippen LogP contribution in [-0.4, -0.2) is 20.2 Å². The van der Waals surface area contributed by atoms with E-state index in [4.69, 9.17) is 4.74 Å². The van der Waals surface area contributed by atoms with E-state index in [1.807, 2.05) is 12.1 Å². The highest BCUT2D eigenvalue weighted by molar-refractivity contribution is 5.82. The molecule has 1 aromatic rings. The Labute approximate surface area is 132 Å². The molecule has 0 amide bonds. The Morgan fingerprint density at radius 3 is 2.36 bits per heavy atom. The predicted molar refractivity (Wildman–Crippen MR) is 88.7 cm³/mol. The zero-order valence-electron chi connectivity index (χ0n) is 13.4. The average molecular weight is 300 g/mol. The topological polar surface area (TPSA) is 35.5 Å². The molecule has 0 radical (unpaired) electrons. The Kier molecular flexibility index (Phi) is 6.26. The Hall–Kier alpha value is -2.03. The minimum atomic E-state index is -0.325. The van der Waals surface area contributed by atoms with Gasteiger partial charge in [-0.1, -0.05) is 43.5 Å². The van der Waals surface area contributed by atoms with Gasteiger partial charge in [0.2, 0.25) is 0 Å². The second-order valence-corrected chi connectivity index (χ2v) is 5.57. The van der Waals surface area contributed by atoms with Crippen molar-refractivity contribution in [1.82, 2.24) is 0 Å². The fraction of sp³-hybridized carbons (Fsp3) is 0.421. The van der Waals surface area contributed by atoms with Crippen molar-refractivity contribution in [3.05, 3.63) is 48.1 Å². The van der Waals surface area contributed by atoms with E-state index in [0.29, 0.717) is 5.92 Å². The highest BCUT2D eigenvalue weighted by Gasteiger charge is 2.18. The Morgan fingerprint density at radius 1 is 1.09 bits per heavy atom. The molecular formula is C19H24O3. The molecule has 0 bridgehead atoms. The van der Waals surface area contributed by atoms with Crippen LogP contribution in [0.25, 0.3) is 5.57 Å². The van der Waals surface area contributed by atoms with Crippen molar-refractivity contribution in [2.24, 2.45) is 5.92 Å². The third-order valence-electron chi connectivity index (χ3n) is 4.18. The maximum Gasteiger partial charge on any atom is 0.330 e. The zero-order valence-corrected chi connectivity index (χ0v) is 13.4. The molecule has 22 heavy (non-hydrogen) atoms. The summed E-state index contributed by atoms with van der Waals surface area (Å²) in [7, 11) is 3.06. The van der Waals surface area contributed by atoms with Crippen LogP contribution < -0.4 is 4.74 Å². The monoisotopic (exact) mass is 300 g/mol. The summed E-state index contributed by atoms with van der Waals surface area (Å²) < 4.78 is 9.87. The number of allylic oxidation sites excluding steroid dienone is 3. The van der Waals surface area contributed by atoms with Gasteiger partial charge in [-0.15, -0.1) is 0 Å². The third kappa shape index (κ3) is 4.48. The quantitative estimate of drug-likeness (QED) is 0.459. The van der Waals surface area contributed by atoms with Crippen molar-refractivity contribution in [3.8, 4) is 5.75 Å². The van der Waals surface area contributed by atoms with Gasteiger partial charge in [-0.3, -0.25) is 0 Å². The molecule has 3 nitrogen and oxygen atoms in total. The lowest BCUT2D eigenvalue weighted by molar-refractivity contribution is -0.134. The van der Waals surface area contributed by atoms with E-state index in [1.54, 1.807) is 13.2 Å². The second-order valence-electron chi connectivity index (χ2n) is 5.57. The van der Waals surface area contributed by atoms with Crippen LogP contribution in [0.4, 0.5) is 0 Å². The summed E-state index contributed by atoms with van der Waals surface area (Å²) in [6.45, 7) is 0. The summed E-state index contributed by atoms with van der Waals surface area (Å²) in [4.78, 5) is 11.2. The summed E-state index contributed by atoms with van der Waals surface area (Å²) in [5, 5.41) is 0. The van der Waals surface area contributed by atoms with Crippen molar-refractivity contribution >= 4 is 11.5 Å². The Bertz CT molecular complexity index is 534. The van der Waals surface area contributed by atoms with E-state index < -0.39 is 0 Å². The number of hydrogen-bond donors (Lipinski definition) is 0. The summed E-state index contributed by atoms with van der Waals surface area (Å²) in [6, 6.07) is 8.14. The molecule has 0 atom stereocenters. The summed E-state index contributed by atoms with van der Waals surface area (Å²) in [5.74, 6) is 1.09. The molecule has 0 heterocycles. The molecular weight excluding hydrogens is 276 g/mol. The van der Waals surface area contributed by atoms with Gasteiger partial charge in [-0.25, -0.2) is 4.79 Å². The van der Waals surface area contributed by atoms with Crippen LogP contribution in [0.1, 0.15) is 37.7 Å². The van der Waals surface area contributed by atoms with E-state index in [2.05, 4.69) is 22.9 Å². The maximum atomic E-state index is 11.2. The van der Waals surface area contributed by atoms with Gasteiger partial charge in [0, 0.05) is 6.08 Å². The molecule has 1 aliphatic carbocycles. The van der Waals surface area contributed by atoms with Gasteiger partial charge in [0.05, 0.1) is 14.2 Å². The summed E-state index contributed by atoms with van der Waals surface area (Å²) >= 11 is 0. The van der Waals surface area contributed by atoms with Crippen LogP contribution in [0, 0.1) is 5.92 Å². The van der Waals surface area contributed by atoms with Crippen LogP contribution in [0.15, 0.2) is 42.5 Å². The van der Waals surface area contributed by atoms with Crippen LogP contribution >= 0.6 is 0 Å². The number of benzene rings is 1. The molecule has 1 aromatic carbocycles. The van der Waals surface area contributed by atoms with Crippen LogP contribution in [0.3, 0.4) is 0 Å². The molecule has 0 aromatic heterocycles. The number of carbonyl (C=O) groups is 1.